The van der Waals surface area contributed by atoms with Gasteiger partial charge in [0.2, 0.25) is 0 Å². The first-order chi connectivity index (χ1) is 14.3. The average molecular weight is 426 g/mol. The van der Waals surface area contributed by atoms with Crippen LogP contribution in [0.3, 0.4) is 0 Å². The van der Waals surface area contributed by atoms with Crippen molar-refractivity contribution in [1.82, 2.24) is 10.6 Å². The maximum absolute atomic E-state index is 13.3. The summed E-state index contributed by atoms with van der Waals surface area (Å²) < 4.78 is 5.22. The van der Waals surface area contributed by atoms with E-state index in [4.69, 9.17) is 17.0 Å². The number of nitro benzene ring substituents is 1. The molecule has 1 amide bonds. The van der Waals surface area contributed by atoms with E-state index in [0.717, 1.165) is 5.56 Å². The number of carbonyl (C=O) groups excluding carboxylic acids is 1. The smallest absolute Gasteiger partial charge is 0.271 e. The molecule has 3 rings (SSSR count). The van der Waals surface area contributed by atoms with Gasteiger partial charge in [-0.05, 0) is 41.9 Å². The van der Waals surface area contributed by atoms with E-state index in [2.05, 4.69) is 16.0 Å². The first-order valence-corrected chi connectivity index (χ1v) is 9.72. The van der Waals surface area contributed by atoms with Gasteiger partial charge in [-0.25, -0.2) is 0 Å². The lowest BCUT2D eigenvalue weighted by atomic mass is 9.91. The molecule has 30 heavy (non-hydrogen) atoms. The lowest BCUT2D eigenvalue weighted by Crippen LogP contribution is -2.47. The molecule has 3 N–H and O–H groups in total. The predicted octanol–water partition coefficient (Wildman–Crippen LogP) is 3.67. The Morgan fingerprint density at radius 2 is 1.93 bits per heavy atom. The molecule has 1 aliphatic heterocycles. The van der Waals surface area contributed by atoms with Gasteiger partial charge in [0.25, 0.3) is 11.6 Å². The van der Waals surface area contributed by atoms with Gasteiger partial charge in [-0.3, -0.25) is 14.9 Å². The van der Waals surface area contributed by atoms with Crippen molar-refractivity contribution in [2.45, 2.75) is 19.9 Å². The van der Waals surface area contributed by atoms with Crippen LogP contribution in [0.15, 0.2) is 59.8 Å². The molecule has 1 unspecified atom stereocenters. The third-order valence-corrected chi connectivity index (χ3v) is 4.91. The molecule has 0 spiro atoms. The van der Waals surface area contributed by atoms with Crippen LogP contribution in [-0.2, 0) is 4.79 Å². The number of thiocarbonyl (C=S) groups is 1. The minimum Gasteiger partial charge on any atom is -0.497 e. The van der Waals surface area contributed by atoms with Gasteiger partial charge in [-0.1, -0.05) is 32.0 Å². The van der Waals surface area contributed by atoms with Gasteiger partial charge in [0.05, 0.1) is 23.6 Å². The molecule has 2 aromatic rings. The van der Waals surface area contributed by atoms with Crippen LogP contribution in [0.2, 0.25) is 0 Å². The quantitative estimate of drug-likeness (QED) is 0.368. The summed E-state index contributed by atoms with van der Waals surface area (Å²) in [6, 6.07) is 12.7. The van der Waals surface area contributed by atoms with E-state index in [0.29, 0.717) is 27.8 Å². The van der Waals surface area contributed by atoms with Crippen molar-refractivity contribution in [1.29, 1.82) is 0 Å². The summed E-state index contributed by atoms with van der Waals surface area (Å²) in [5, 5.41) is 20.5. The summed E-state index contributed by atoms with van der Waals surface area (Å²) in [5.74, 6) is 0.324. The van der Waals surface area contributed by atoms with Crippen molar-refractivity contribution in [3.05, 3.63) is 75.5 Å². The average Bonchev–Trinajstić information content (AvgIpc) is 2.73. The number of ether oxygens (including phenoxy) is 1. The van der Waals surface area contributed by atoms with Gasteiger partial charge < -0.3 is 20.7 Å². The molecule has 0 aliphatic carbocycles. The van der Waals surface area contributed by atoms with Crippen molar-refractivity contribution in [2.75, 3.05) is 12.4 Å². The Balaban J connectivity index is 2.01. The van der Waals surface area contributed by atoms with Crippen LogP contribution in [0.25, 0.3) is 0 Å². The molecule has 0 fully saturated rings. The largest absolute Gasteiger partial charge is 0.497 e. The van der Waals surface area contributed by atoms with E-state index >= 15 is 0 Å². The summed E-state index contributed by atoms with van der Waals surface area (Å²) in [6.45, 7) is 3.92. The summed E-state index contributed by atoms with van der Waals surface area (Å²) >= 11 is 5.35. The highest BCUT2D eigenvalue weighted by atomic mass is 32.1. The van der Waals surface area contributed by atoms with Gasteiger partial charge in [0.1, 0.15) is 5.75 Å². The zero-order valence-electron chi connectivity index (χ0n) is 16.8. The van der Waals surface area contributed by atoms with E-state index in [9.17, 15) is 14.9 Å². The first kappa shape index (κ1) is 21.3. The Morgan fingerprint density at radius 1 is 1.23 bits per heavy atom. The molecule has 1 heterocycles. The minimum atomic E-state index is -0.503. The van der Waals surface area contributed by atoms with Gasteiger partial charge in [0.15, 0.2) is 5.11 Å². The van der Waals surface area contributed by atoms with Gasteiger partial charge in [-0.15, -0.1) is 0 Å². The van der Waals surface area contributed by atoms with Crippen LogP contribution in [0.4, 0.5) is 11.4 Å². The molecular weight excluding hydrogens is 404 g/mol. The number of allylic oxidation sites excluding steroid dienone is 1. The Morgan fingerprint density at radius 3 is 2.53 bits per heavy atom. The van der Waals surface area contributed by atoms with Crippen LogP contribution >= 0.6 is 12.2 Å². The Hall–Kier alpha value is -3.46. The molecule has 0 bridgehead atoms. The molecule has 0 radical (unpaired) electrons. The predicted molar refractivity (Wildman–Crippen MR) is 118 cm³/mol. The van der Waals surface area contributed by atoms with Crippen LogP contribution < -0.4 is 20.7 Å². The van der Waals surface area contributed by atoms with Crippen molar-refractivity contribution in [2.24, 2.45) is 5.92 Å². The second-order valence-corrected chi connectivity index (χ2v) is 7.46. The third kappa shape index (κ3) is 4.57. The van der Waals surface area contributed by atoms with Crippen LogP contribution in [-0.4, -0.2) is 23.1 Å². The molecule has 8 nitrogen and oxygen atoms in total. The number of nitro groups is 1. The lowest BCUT2D eigenvalue weighted by Gasteiger charge is -2.33. The highest BCUT2D eigenvalue weighted by Gasteiger charge is 2.32. The first-order valence-electron chi connectivity index (χ1n) is 9.31. The zero-order chi connectivity index (χ0) is 21.8. The van der Waals surface area contributed by atoms with Crippen molar-refractivity contribution < 1.29 is 14.5 Å². The van der Waals surface area contributed by atoms with Crippen LogP contribution in [0, 0.1) is 16.0 Å². The zero-order valence-corrected chi connectivity index (χ0v) is 17.6. The standard InChI is InChI=1S/C21H22N4O4S/c1-12(2)18-17(20(26)22-14-5-4-6-15(11-14)25(27)28)19(24-21(30)23-18)13-7-9-16(29-3)10-8-13/h4-12,19H,1-3H3,(H,22,26)(H2,23,24,30). The Bertz CT molecular complexity index is 1020. The highest BCUT2D eigenvalue weighted by Crippen LogP contribution is 2.31. The Kier molecular flexibility index (Phi) is 6.31. The lowest BCUT2D eigenvalue weighted by molar-refractivity contribution is -0.384. The fraction of sp³-hybridized carbons (Fsp3) is 0.238. The van der Waals surface area contributed by atoms with E-state index in [-0.39, 0.29) is 17.5 Å². The number of anilines is 1. The number of methoxy groups -OCH3 is 1. The van der Waals surface area contributed by atoms with Crippen molar-refractivity contribution >= 4 is 34.6 Å². The molecule has 0 aromatic heterocycles. The Labute approximate surface area is 179 Å². The van der Waals surface area contributed by atoms with Crippen molar-refractivity contribution in [3.63, 3.8) is 0 Å². The van der Waals surface area contributed by atoms with E-state index in [1.165, 1.54) is 18.2 Å². The van der Waals surface area contributed by atoms with E-state index in [1.54, 1.807) is 13.2 Å². The summed E-state index contributed by atoms with van der Waals surface area (Å²) in [5.41, 5.74) is 2.24. The molecule has 2 aromatic carbocycles. The second-order valence-electron chi connectivity index (χ2n) is 7.05. The van der Waals surface area contributed by atoms with Crippen molar-refractivity contribution in [3.8, 4) is 5.75 Å². The SMILES string of the molecule is COc1ccc(C2NC(=S)NC(C(C)C)=C2C(=O)Nc2cccc([N+](=O)[O-])c2)cc1. The molecule has 1 aliphatic rings. The fourth-order valence-electron chi connectivity index (χ4n) is 3.24. The number of nitrogens with one attached hydrogen (secondary N) is 3. The molecule has 1 atom stereocenters. The van der Waals surface area contributed by atoms with Gasteiger partial charge in [0, 0.05) is 23.5 Å². The number of hydrogen-bond acceptors (Lipinski definition) is 5. The number of carbonyl (C=O) groups is 1. The topological polar surface area (TPSA) is 106 Å². The number of amides is 1. The highest BCUT2D eigenvalue weighted by molar-refractivity contribution is 7.80. The molecular formula is C21H22N4O4S. The fourth-order valence-corrected chi connectivity index (χ4v) is 3.46. The number of nitrogens with zero attached hydrogens (tertiary/aromatic N) is 1. The maximum atomic E-state index is 13.3. The summed E-state index contributed by atoms with van der Waals surface area (Å²) in [7, 11) is 1.58. The number of hydrogen-bond donors (Lipinski definition) is 3. The molecule has 0 saturated heterocycles. The monoisotopic (exact) mass is 426 g/mol. The molecule has 9 heteroatoms. The van der Waals surface area contributed by atoms with Crippen LogP contribution in [0.1, 0.15) is 25.5 Å². The minimum absolute atomic E-state index is 0.00309. The van der Waals surface area contributed by atoms with Crippen LogP contribution in [0.5, 0.6) is 5.75 Å². The normalized spacial score (nSPS) is 16.0. The second kappa shape index (κ2) is 8.91. The number of benzene rings is 2. The summed E-state index contributed by atoms with van der Waals surface area (Å²) in [6.07, 6.45) is 0. The van der Waals surface area contributed by atoms with Gasteiger partial charge in [-0.2, -0.15) is 0 Å². The maximum Gasteiger partial charge on any atom is 0.271 e. The molecule has 0 saturated carbocycles. The van der Waals surface area contributed by atoms with Gasteiger partial charge >= 0.3 is 0 Å². The van der Waals surface area contributed by atoms with E-state index in [1.807, 2.05) is 38.1 Å². The van der Waals surface area contributed by atoms with E-state index < -0.39 is 11.0 Å². The molecule has 156 valence electrons. The number of rotatable bonds is 6. The third-order valence-electron chi connectivity index (χ3n) is 4.69. The number of non-ortho nitro benzene ring substituents is 1. The summed E-state index contributed by atoms with van der Waals surface area (Å²) in [4.78, 5) is 23.8.